The molecule has 0 aromatic heterocycles. The number of ether oxygens (including phenoxy) is 7. The molecule has 3 aliphatic carbocycles. The number of aliphatic hydroxyl groups excluding tert-OH is 2. The van der Waals surface area contributed by atoms with Gasteiger partial charge in [0.2, 0.25) is 0 Å². The molecule has 2 bridgehead atoms. The van der Waals surface area contributed by atoms with Crippen LogP contribution in [0.2, 0.25) is 0 Å². The molecule has 8 rings (SSSR count). The number of fused-ring (bicyclic) bond motifs is 8. The lowest BCUT2D eigenvalue weighted by Gasteiger charge is -2.68. The minimum Gasteiger partial charge on any atom is -0.456 e. The smallest absolute Gasteiger partial charge is 0.407 e. The van der Waals surface area contributed by atoms with Crippen LogP contribution < -0.4 is 5.32 Å². The van der Waals surface area contributed by atoms with Crippen LogP contribution in [0.1, 0.15) is 96.1 Å². The van der Waals surface area contributed by atoms with Gasteiger partial charge in [-0.25, -0.2) is 14.4 Å². The summed E-state index contributed by atoms with van der Waals surface area (Å²) in [5, 5.41) is 38.4. The fourth-order valence-corrected chi connectivity index (χ4v) is 11.6. The minimum absolute atomic E-state index is 0.0249. The zero-order valence-electron chi connectivity index (χ0n) is 37.6. The van der Waals surface area contributed by atoms with E-state index >= 15 is 0 Å². The first-order valence-electron chi connectivity index (χ1n) is 22.4. The molecule has 2 aromatic carbocycles. The molecular weight excluding hydrogens is 829 g/mol. The van der Waals surface area contributed by atoms with E-state index in [0.717, 1.165) is 13.0 Å². The van der Waals surface area contributed by atoms with Crippen molar-refractivity contribution in [1.82, 2.24) is 10.2 Å². The summed E-state index contributed by atoms with van der Waals surface area (Å²) >= 11 is 0. The van der Waals surface area contributed by atoms with Gasteiger partial charge >= 0.3 is 24.0 Å². The highest BCUT2D eigenvalue weighted by Gasteiger charge is 2.77. The number of carbonyl (C=O) groups is 4. The van der Waals surface area contributed by atoms with Crippen LogP contribution in [-0.2, 0) is 42.7 Å². The van der Waals surface area contributed by atoms with Gasteiger partial charge in [0.25, 0.3) is 0 Å². The minimum atomic E-state index is -2.08. The van der Waals surface area contributed by atoms with E-state index in [0.29, 0.717) is 36.1 Å². The maximum Gasteiger partial charge on any atom is 0.407 e. The van der Waals surface area contributed by atoms with Crippen molar-refractivity contribution < 1.29 is 67.7 Å². The monoisotopic (exact) mass is 890 g/mol. The zero-order valence-corrected chi connectivity index (χ0v) is 37.6. The highest BCUT2D eigenvalue weighted by Crippen LogP contribution is 2.66. The van der Waals surface area contributed by atoms with Gasteiger partial charge < -0.3 is 53.8 Å². The lowest BCUT2D eigenvalue weighted by Crippen LogP contribution is -2.79. The van der Waals surface area contributed by atoms with Gasteiger partial charge in [0.05, 0.1) is 42.9 Å². The number of aliphatic hydroxyl groups is 3. The van der Waals surface area contributed by atoms with Crippen molar-refractivity contribution in [2.45, 2.75) is 146 Å². The number of carbonyl (C=O) groups excluding carboxylic acids is 4. The summed E-state index contributed by atoms with van der Waals surface area (Å²) in [4.78, 5) is 57.1. The van der Waals surface area contributed by atoms with Crippen LogP contribution >= 0.6 is 0 Å². The van der Waals surface area contributed by atoms with Gasteiger partial charge in [-0.2, -0.15) is 0 Å². The van der Waals surface area contributed by atoms with Gasteiger partial charge in [0.15, 0.2) is 18.0 Å². The lowest BCUT2D eigenvalue weighted by molar-refractivity contribution is -0.345. The number of nitrogens with zero attached hydrogens (tertiary/aromatic N) is 1. The van der Waals surface area contributed by atoms with Crippen molar-refractivity contribution >= 4 is 24.0 Å². The number of alkyl carbamates (subject to hydrolysis) is 1. The largest absolute Gasteiger partial charge is 0.456 e. The fraction of sp³-hybridized carbons (Fsp3) is 0.625. The maximum absolute atomic E-state index is 14.5. The number of rotatable bonds is 12. The molecule has 16 heteroatoms. The fourth-order valence-electron chi connectivity index (χ4n) is 11.6. The summed E-state index contributed by atoms with van der Waals surface area (Å²) in [7, 11) is 0. The number of benzene rings is 2. The Labute approximate surface area is 373 Å². The SMILES string of the molecule is CC(=O)O[C@@]12CO[C@@H]1CC[C@@]1(C)[C@@H]3O[C@H](CN4CC[C@H]4CO)O[C@@H]3C3=C(C)[C@@H](OC(=O)[C@H](O)[C@@H](NC(=O)OC(C)C)c4ccccc4)C[C@@](O)([C@@H](OC(=O)c4ccccc4)[C@@H]12)C3(C)C. The number of hydrogen-bond donors (Lipinski definition) is 4. The molecule has 6 aliphatic rings. The van der Waals surface area contributed by atoms with E-state index in [1.54, 1.807) is 81.4 Å². The van der Waals surface area contributed by atoms with E-state index in [4.69, 9.17) is 33.2 Å². The molecule has 4 N–H and O–H groups in total. The summed E-state index contributed by atoms with van der Waals surface area (Å²) in [6.45, 7) is 13.1. The lowest BCUT2D eigenvalue weighted by atomic mass is 9.45. The maximum atomic E-state index is 14.5. The summed E-state index contributed by atoms with van der Waals surface area (Å²) in [6, 6.07) is 15.5. The topological polar surface area (TPSA) is 209 Å². The van der Waals surface area contributed by atoms with Crippen LogP contribution in [0.25, 0.3) is 0 Å². The Morgan fingerprint density at radius 1 is 0.969 bits per heavy atom. The molecule has 0 radical (unpaired) electrons. The Kier molecular flexibility index (Phi) is 12.6. The molecule has 3 aliphatic heterocycles. The second-order valence-corrected chi connectivity index (χ2v) is 19.4. The first-order valence-corrected chi connectivity index (χ1v) is 22.4. The average molecular weight is 891 g/mol. The molecule has 3 heterocycles. The van der Waals surface area contributed by atoms with Crippen molar-refractivity contribution in [3.8, 4) is 0 Å². The van der Waals surface area contributed by atoms with Gasteiger partial charge in [-0.3, -0.25) is 9.69 Å². The van der Waals surface area contributed by atoms with Crippen molar-refractivity contribution in [1.29, 1.82) is 0 Å². The zero-order chi connectivity index (χ0) is 45.9. The molecule has 2 saturated carbocycles. The molecule has 64 heavy (non-hydrogen) atoms. The van der Waals surface area contributed by atoms with Crippen LogP contribution in [0, 0.1) is 16.7 Å². The van der Waals surface area contributed by atoms with Crippen LogP contribution in [0.5, 0.6) is 0 Å². The van der Waals surface area contributed by atoms with Crippen LogP contribution in [0.3, 0.4) is 0 Å². The predicted octanol–water partition coefficient (Wildman–Crippen LogP) is 4.15. The molecule has 0 unspecified atom stereocenters. The van der Waals surface area contributed by atoms with Crippen LogP contribution in [0.15, 0.2) is 71.8 Å². The molecule has 0 spiro atoms. The Balaban J connectivity index is 1.26. The molecular formula is C48H62N2O14. The molecule has 13 atom stereocenters. The Hall–Kier alpha value is -4.42. The van der Waals surface area contributed by atoms with Crippen molar-refractivity contribution in [2.75, 3.05) is 26.3 Å². The van der Waals surface area contributed by atoms with Crippen molar-refractivity contribution in [3.05, 3.63) is 82.9 Å². The number of esters is 3. The van der Waals surface area contributed by atoms with E-state index < -0.39 is 107 Å². The second kappa shape index (κ2) is 17.4. The Bertz CT molecular complexity index is 2110. The van der Waals surface area contributed by atoms with Crippen LogP contribution in [0.4, 0.5) is 4.79 Å². The van der Waals surface area contributed by atoms with Gasteiger partial charge in [0, 0.05) is 43.3 Å². The first kappa shape index (κ1) is 46.1. The van der Waals surface area contributed by atoms with Gasteiger partial charge in [-0.1, -0.05) is 69.3 Å². The Morgan fingerprint density at radius 3 is 2.25 bits per heavy atom. The van der Waals surface area contributed by atoms with Crippen molar-refractivity contribution in [2.24, 2.45) is 16.7 Å². The normalized spacial score (nSPS) is 36.0. The highest BCUT2D eigenvalue weighted by atomic mass is 16.7. The molecule has 348 valence electrons. The van der Waals surface area contributed by atoms with E-state index in [1.807, 2.05) is 20.8 Å². The Morgan fingerprint density at radius 2 is 1.66 bits per heavy atom. The molecule has 1 amide bonds. The van der Waals surface area contributed by atoms with Gasteiger partial charge in [-0.05, 0) is 68.9 Å². The number of amides is 1. The molecule has 3 saturated heterocycles. The summed E-state index contributed by atoms with van der Waals surface area (Å²) in [5.74, 6) is -3.37. The second-order valence-electron chi connectivity index (χ2n) is 19.4. The number of nitrogens with one attached hydrogen (secondary N) is 1. The third kappa shape index (κ3) is 7.81. The molecule has 16 nitrogen and oxygen atoms in total. The van der Waals surface area contributed by atoms with Gasteiger partial charge in [-0.15, -0.1) is 0 Å². The summed E-state index contributed by atoms with van der Waals surface area (Å²) < 4.78 is 44.8. The third-order valence-corrected chi connectivity index (χ3v) is 15.0. The van der Waals surface area contributed by atoms with E-state index in [2.05, 4.69) is 10.2 Å². The number of likely N-dealkylation sites (tertiary alicyclic amines) is 1. The van der Waals surface area contributed by atoms with Crippen LogP contribution in [-0.4, -0.2) is 137 Å². The number of hydrogen-bond acceptors (Lipinski definition) is 15. The van der Waals surface area contributed by atoms with E-state index in [9.17, 15) is 34.5 Å². The molecule has 2 aromatic rings. The van der Waals surface area contributed by atoms with E-state index in [-0.39, 0.29) is 31.2 Å². The van der Waals surface area contributed by atoms with Gasteiger partial charge in [0.1, 0.15) is 30.0 Å². The quantitative estimate of drug-likeness (QED) is 0.134. The highest BCUT2D eigenvalue weighted by molar-refractivity contribution is 5.89. The first-order chi connectivity index (χ1) is 30.3. The molecule has 5 fully saturated rings. The van der Waals surface area contributed by atoms with Crippen molar-refractivity contribution in [3.63, 3.8) is 0 Å². The summed E-state index contributed by atoms with van der Waals surface area (Å²) in [5.41, 5.74) is -4.04. The average Bonchev–Trinajstić information content (AvgIpc) is 3.65. The standard InChI is InChI=1S/C48H62N2O14/c1-26(2)59-44(56)49-36(29-14-10-8-11-15-29)37(53)43(55)60-32-22-48(57)41(63-42(54)30-16-12-9-13-17-30)39-46(7,20-18-33-47(39,25-58-33)64-28(4)52)40-38(35(27(32)3)45(48,5)6)61-34(62-40)23-50-21-19-31(50)24-51/h8-17,26,31-34,36-41,51,53,57H,18-25H2,1-7H3,(H,49,56)/t31-,32-,33+,34+,36-,37+,38+,39-,40+,41-,46+,47-,48+/m0/s1. The predicted molar refractivity (Wildman–Crippen MR) is 227 cm³/mol. The van der Waals surface area contributed by atoms with E-state index in [1.165, 1.54) is 6.92 Å². The summed E-state index contributed by atoms with van der Waals surface area (Å²) in [6.07, 6.45) is -7.60. The third-order valence-electron chi connectivity index (χ3n) is 15.0.